The molecule has 0 fully saturated rings. The molecule has 4 nitrogen and oxygen atoms in total. The van der Waals surface area contributed by atoms with E-state index in [2.05, 4.69) is 0 Å². The Kier molecular flexibility index (Phi) is 6.43. The quantitative estimate of drug-likeness (QED) is 0.646. The molecule has 6 heteroatoms. The van der Waals surface area contributed by atoms with Gasteiger partial charge >= 0.3 is 0 Å². The van der Waals surface area contributed by atoms with Gasteiger partial charge in [-0.1, -0.05) is 61.5 Å². The van der Waals surface area contributed by atoms with Gasteiger partial charge in [-0.25, -0.2) is 3.63 Å². The molecule has 0 N–H and O–H groups in total. The third-order valence-corrected chi connectivity index (χ3v) is 7.76. The number of rotatable bonds is 8. The topological polar surface area (TPSA) is 60.4 Å². The number of hydrogen-bond acceptors (Lipinski definition) is 4. The predicted octanol–water partition coefficient (Wildman–Crippen LogP) is 4.15. The molecule has 0 aliphatic heterocycles. The summed E-state index contributed by atoms with van der Waals surface area (Å²) in [5, 5.41) is 0. The van der Waals surface area contributed by atoms with Gasteiger partial charge in [-0.2, -0.15) is 8.42 Å². The lowest BCUT2D eigenvalue weighted by Gasteiger charge is -2.30. The van der Waals surface area contributed by atoms with Crippen molar-refractivity contribution in [3.63, 3.8) is 0 Å². The lowest BCUT2D eigenvalue weighted by Crippen LogP contribution is -2.16. The van der Waals surface area contributed by atoms with E-state index in [9.17, 15) is 13.2 Å². The van der Waals surface area contributed by atoms with Crippen LogP contribution in [0.2, 0.25) is 0 Å². The zero-order valence-electron chi connectivity index (χ0n) is 14.8. The summed E-state index contributed by atoms with van der Waals surface area (Å²) in [4.78, 5) is 12.8. The molecule has 0 saturated heterocycles. The molecule has 0 heterocycles. The van der Waals surface area contributed by atoms with Gasteiger partial charge in [0.25, 0.3) is 10.1 Å². The molecule has 2 rings (SSSR count). The fourth-order valence-corrected chi connectivity index (χ4v) is 6.79. The van der Waals surface area contributed by atoms with Crippen molar-refractivity contribution in [2.75, 3.05) is 18.3 Å². The maximum Gasteiger partial charge on any atom is 0.276 e. The molecule has 0 amide bonds. The van der Waals surface area contributed by atoms with E-state index in [0.717, 1.165) is 5.56 Å². The fourth-order valence-electron chi connectivity index (χ4n) is 2.58. The normalized spacial score (nSPS) is 12.8. The first-order chi connectivity index (χ1) is 11.7. The zero-order chi connectivity index (χ0) is 18.5. The van der Waals surface area contributed by atoms with Crippen LogP contribution in [0, 0.1) is 0 Å². The Balaban J connectivity index is 2.27. The van der Waals surface area contributed by atoms with Gasteiger partial charge in [0, 0.05) is 16.9 Å². The molecule has 0 unspecified atom stereocenters. The van der Waals surface area contributed by atoms with Crippen molar-refractivity contribution in [1.82, 2.24) is 0 Å². The van der Waals surface area contributed by atoms with E-state index < -0.39 is 20.4 Å². The molecule has 136 valence electrons. The Morgan fingerprint density at radius 2 is 1.56 bits per heavy atom. The van der Waals surface area contributed by atoms with Crippen LogP contribution in [0.5, 0.6) is 0 Å². The van der Waals surface area contributed by atoms with Gasteiger partial charge in [0.1, 0.15) is 0 Å². The molecule has 0 saturated carbocycles. The smallest absolute Gasteiger partial charge is 0.276 e. The first-order valence-electron chi connectivity index (χ1n) is 8.06. The summed E-state index contributed by atoms with van der Waals surface area (Å²) in [6.07, 6.45) is 4.13. The van der Waals surface area contributed by atoms with Crippen molar-refractivity contribution in [2.45, 2.75) is 19.1 Å². The average molecular weight is 381 g/mol. The van der Waals surface area contributed by atoms with Gasteiger partial charge in [-0.3, -0.25) is 4.79 Å². The van der Waals surface area contributed by atoms with Crippen LogP contribution in [0.25, 0.3) is 0 Å². The maximum atomic E-state index is 12.8. The Bertz CT molecular complexity index is 828. The van der Waals surface area contributed by atoms with Crippen molar-refractivity contribution in [3.05, 3.63) is 71.3 Å². The largest absolute Gasteiger partial charge is 0.289 e. The highest BCUT2D eigenvalue weighted by atomic mass is 32.3. The van der Waals surface area contributed by atoms with E-state index in [-0.39, 0.29) is 11.5 Å². The summed E-state index contributed by atoms with van der Waals surface area (Å²) < 4.78 is 29.5. The van der Waals surface area contributed by atoms with Gasteiger partial charge in [-0.15, -0.1) is 10.3 Å². The third kappa shape index (κ3) is 5.70. The van der Waals surface area contributed by atoms with Crippen molar-refractivity contribution < 1.29 is 16.8 Å². The first kappa shape index (κ1) is 19.7. The van der Waals surface area contributed by atoms with Crippen LogP contribution in [0.3, 0.4) is 0 Å². The first-order valence-corrected chi connectivity index (χ1v) is 12.2. The predicted molar refractivity (Wildman–Crippen MR) is 105 cm³/mol. The minimum atomic E-state index is -3.54. The van der Waals surface area contributed by atoms with Crippen LogP contribution >= 0.6 is 10.3 Å². The minimum absolute atomic E-state index is 0.00796. The summed E-state index contributed by atoms with van der Waals surface area (Å²) >= 11 is 0. The van der Waals surface area contributed by atoms with E-state index in [1.807, 2.05) is 48.9 Å². The molecule has 2 aromatic carbocycles. The SMILES string of the molecule is CCCS(=O)(=O)OS(C)(C)Cc1ccccc1C(=O)c1ccccc1. The molecular weight excluding hydrogens is 356 g/mol. The van der Waals surface area contributed by atoms with E-state index in [0.29, 0.717) is 23.3 Å². The van der Waals surface area contributed by atoms with Crippen LogP contribution in [0.4, 0.5) is 0 Å². The highest BCUT2D eigenvalue weighted by molar-refractivity contribution is 8.31. The molecule has 0 radical (unpaired) electrons. The molecule has 0 atom stereocenters. The molecule has 0 aromatic heterocycles. The Labute approximate surface area is 151 Å². The Hall–Kier alpha value is -1.63. The Morgan fingerprint density at radius 3 is 2.20 bits per heavy atom. The highest BCUT2D eigenvalue weighted by Gasteiger charge is 2.24. The van der Waals surface area contributed by atoms with E-state index in [1.54, 1.807) is 25.1 Å². The zero-order valence-corrected chi connectivity index (χ0v) is 16.4. The summed E-state index contributed by atoms with van der Waals surface area (Å²) in [6, 6.07) is 16.4. The van der Waals surface area contributed by atoms with Gasteiger partial charge in [0.15, 0.2) is 5.78 Å². The molecular formula is C19H24O4S2. The Morgan fingerprint density at radius 1 is 0.960 bits per heavy atom. The lowest BCUT2D eigenvalue weighted by atomic mass is 9.99. The molecule has 0 aliphatic rings. The second kappa shape index (κ2) is 8.17. The van der Waals surface area contributed by atoms with Crippen LogP contribution in [-0.4, -0.2) is 32.5 Å². The molecule has 2 aromatic rings. The van der Waals surface area contributed by atoms with Crippen molar-refractivity contribution in [2.24, 2.45) is 0 Å². The molecule has 0 aliphatic carbocycles. The molecule has 25 heavy (non-hydrogen) atoms. The van der Waals surface area contributed by atoms with Crippen LogP contribution in [0.1, 0.15) is 34.8 Å². The molecule has 0 spiro atoms. The number of carbonyl (C=O) groups excluding carboxylic acids is 1. The standard InChI is InChI=1S/C19H24O4S2/c1-4-14-25(21,22)23-24(2,3)15-17-12-8-9-13-18(17)19(20)16-10-6-5-7-11-16/h5-13H,4,14-15H2,1-3H3. The summed E-state index contributed by atoms with van der Waals surface area (Å²) in [7, 11) is -5.44. The van der Waals surface area contributed by atoms with Crippen LogP contribution < -0.4 is 0 Å². The van der Waals surface area contributed by atoms with Crippen LogP contribution in [-0.2, 0) is 19.5 Å². The van der Waals surface area contributed by atoms with Crippen molar-refractivity contribution >= 4 is 26.2 Å². The fraction of sp³-hybridized carbons (Fsp3) is 0.316. The van der Waals surface area contributed by atoms with E-state index in [4.69, 9.17) is 3.63 Å². The number of benzene rings is 2. The van der Waals surface area contributed by atoms with Gasteiger partial charge in [-0.05, 0) is 24.5 Å². The van der Waals surface area contributed by atoms with Gasteiger partial charge in [0.2, 0.25) is 0 Å². The number of carbonyl (C=O) groups is 1. The third-order valence-electron chi connectivity index (χ3n) is 3.54. The molecule has 0 bridgehead atoms. The van der Waals surface area contributed by atoms with E-state index in [1.165, 1.54) is 0 Å². The average Bonchev–Trinajstić information content (AvgIpc) is 2.54. The van der Waals surface area contributed by atoms with Crippen molar-refractivity contribution in [1.29, 1.82) is 0 Å². The second-order valence-corrected chi connectivity index (χ2v) is 11.5. The lowest BCUT2D eigenvalue weighted by molar-refractivity contribution is 0.103. The maximum absolute atomic E-state index is 12.8. The summed E-state index contributed by atoms with van der Waals surface area (Å²) in [5.41, 5.74) is 2.01. The number of ketones is 1. The number of hydrogen-bond donors (Lipinski definition) is 0. The second-order valence-electron chi connectivity index (χ2n) is 6.26. The highest BCUT2D eigenvalue weighted by Crippen LogP contribution is 2.47. The van der Waals surface area contributed by atoms with E-state index >= 15 is 0 Å². The summed E-state index contributed by atoms with van der Waals surface area (Å²) in [6.45, 7) is 1.80. The van der Waals surface area contributed by atoms with Crippen LogP contribution in [0.15, 0.2) is 54.6 Å². The monoisotopic (exact) mass is 380 g/mol. The van der Waals surface area contributed by atoms with Gasteiger partial charge < -0.3 is 0 Å². The van der Waals surface area contributed by atoms with Gasteiger partial charge in [0.05, 0.1) is 5.75 Å². The van der Waals surface area contributed by atoms with Crippen molar-refractivity contribution in [3.8, 4) is 0 Å². The summed E-state index contributed by atoms with van der Waals surface area (Å²) in [5.74, 6) is 0.349. The minimum Gasteiger partial charge on any atom is -0.289 e.